The smallest absolute Gasteiger partial charge is 0.328 e. The zero-order valence-corrected chi connectivity index (χ0v) is 11.1. The number of amides is 1. The standard InChI is InChI=1S/C11H13N3O3S/c1-6-8(14-4-5-18-11(14)13-6)9(15)12-7(2)10(16)17-3/h4-5,7H,1-3H3,(H,12,15). The summed E-state index contributed by atoms with van der Waals surface area (Å²) in [5.41, 5.74) is 1.08. The van der Waals surface area contributed by atoms with Gasteiger partial charge in [-0.15, -0.1) is 11.3 Å². The van der Waals surface area contributed by atoms with Crippen molar-refractivity contribution in [1.29, 1.82) is 0 Å². The number of carbonyl (C=O) groups is 2. The number of rotatable bonds is 3. The van der Waals surface area contributed by atoms with E-state index in [0.717, 1.165) is 4.96 Å². The Morgan fingerprint density at radius 3 is 2.94 bits per heavy atom. The molecule has 1 amide bonds. The lowest BCUT2D eigenvalue weighted by molar-refractivity contribution is -0.142. The molecule has 0 saturated carbocycles. The minimum Gasteiger partial charge on any atom is -0.467 e. The lowest BCUT2D eigenvalue weighted by atomic mass is 10.3. The molecule has 6 nitrogen and oxygen atoms in total. The van der Waals surface area contributed by atoms with E-state index in [1.54, 1.807) is 24.4 Å². The summed E-state index contributed by atoms with van der Waals surface area (Å²) in [7, 11) is 1.28. The first kappa shape index (κ1) is 12.6. The Kier molecular flexibility index (Phi) is 3.33. The van der Waals surface area contributed by atoms with Gasteiger partial charge in [-0.1, -0.05) is 0 Å². The summed E-state index contributed by atoms with van der Waals surface area (Å²) < 4.78 is 6.27. The molecule has 0 radical (unpaired) electrons. The van der Waals surface area contributed by atoms with E-state index in [0.29, 0.717) is 11.4 Å². The number of aromatic nitrogens is 2. The topological polar surface area (TPSA) is 72.7 Å². The first-order chi connectivity index (χ1) is 8.54. The minimum atomic E-state index is -0.689. The first-order valence-corrected chi connectivity index (χ1v) is 6.23. The van der Waals surface area contributed by atoms with Crippen molar-refractivity contribution in [2.24, 2.45) is 0 Å². The minimum absolute atomic E-state index is 0.337. The normalized spacial score (nSPS) is 12.4. The van der Waals surface area contributed by atoms with Crippen molar-refractivity contribution in [2.45, 2.75) is 19.9 Å². The van der Waals surface area contributed by atoms with Crippen molar-refractivity contribution in [2.75, 3.05) is 7.11 Å². The summed E-state index contributed by atoms with van der Waals surface area (Å²) >= 11 is 1.45. The van der Waals surface area contributed by atoms with Crippen molar-refractivity contribution < 1.29 is 14.3 Å². The Balaban J connectivity index is 2.26. The molecule has 0 aliphatic rings. The number of thiazole rings is 1. The molecule has 1 atom stereocenters. The third kappa shape index (κ3) is 2.08. The van der Waals surface area contributed by atoms with Crippen LogP contribution in [0.25, 0.3) is 4.96 Å². The summed E-state index contributed by atoms with van der Waals surface area (Å²) in [6, 6.07) is -0.689. The Morgan fingerprint density at radius 1 is 1.56 bits per heavy atom. The number of fused-ring (bicyclic) bond motifs is 1. The van der Waals surface area contributed by atoms with Gasteiger partial charge in [0.1, 0.15) is 11.7 Å². The number of nitrogens with one attached hydrogen (secondary N) is 1. The molecule has 2 rings (SSSR count). The molecule has 1 N–H and O–H groups in total. The molecule has 18 heavy (non-hydrogen) atoms. The molecule has 0 aliphatic carbocycles. The van der Waals surface area contributed by atoms with Gasteiger partial charge in [0.2, 0.25) is 0 Å². The first-order valence-electron chi connectivity index (χ1n) is 5.35. The lowest BCUT2D eigenvalue weighted by Crippen LogP contribution is -2.39. The molecule has 0 saturated heterocycles. The number of hydrogen-bond acceptors (Lipinski definition) is 5. The zero-order valence-electron chi connectivity index (χ0n) is 10.3. The molecule has 0 bridgehead atoms. The molecule has 0 aromatic carbocycles. The van der Waals surface area contributed by atoms with E-state index in [2.05, 4.69) is 15.0 Å². The molecule has 2 aromatic heterocycles. The van der Waals surface area contributed by atoms with Crippen molar-refractivity contribution >= 4 is 28.2 Å². The van der Waals surface area contributed by atoms with Crippen LogP contribution in [0.15, 0.2) is 11.6 Å². The van der Waals surface area contributed by atoms with Crippen molar-refractivity contribution in [1.82, 2.24) is 14.7 Å². The largest absolute Gasteiger partial charge is 0.467 e. The molecule has 7 heteroatoms. The van der Waals surface area contributed by atoms with Crippen LogP contribution in [0.1, 0.15) is 23.1 Å². The SMILES string of the molecule is COC(=O)C(C)NC(=O)c1c(C)nc2sccn12. The summed E-state index contributed by atoms with van der Waals surface area (Å²) in [4.78, 5) is 28.4. The molecule has 0 aliphatic heterocycles. The average Bonchev–Trinajstić information content (AvgIpc) is 2.86. The highest BCUT2D eigenvalue weighted by molar-refractivity contribution is 7.15. The number of methoxy groups -OCH3 is 1. The lowest BCUT2D eigenvalue weighted by Gasteiger charge is -2.11. The molecular formula is C11H13N3O3S. The van der Waals surface area contributed by atoms with Gasteiger partial charge < -0.3 is 10.1 Å². The fourth-order valence-corrected chi connectivity index (χ4v) is 2.43. The number of esters is 1. The van der Waals surface area contributed by atoms with Crippen LogP contribution in [0, 0.1) is 6.92 Å². The average molecular weight is 267 g/mol. The van der Waals surface area contributed by atoms with Crippen LogP contribution in [-0.4, -0.2) is 34.4 Å². The molecule has 96 valence electrons. The molecule has 0 fully saturated rings. The third-order valence-corrected chi connectivity index (χ3v) is 3.31. The maximum atomic E-state index is 12.1. The second kappa shape index (κ2) is 4.77. The molecular weight excluding hydrogens is 254 g/mol. The Morgan fingerprint density at radius 2 is 2.28 bits per heavy atom. The fraction of sp³-hybridized carbons (Fsp3) is 0.364. The van der Waals surface area contributed by atoms with E-state index < -0.39 is 12.0 Å². The van der Waals surface area contributed by atoms with Gasteiger partial charge in [0.05, 0.1) is 12.8 Å². The van der Waals surface area contributed by atoms with Crippen molar-refractivity contribution in [3.8, 4) is 0 Å². The molecule has 1 unspecified atom stereocenters. The number of imidazole rings is 1. The maximum Gasteiger partial charge on any atom is 0.328 e. The second-order valence-corrected chi connectivity index (χ2v) is 4.69. The monoisotopic (exact) mass is 267 g/mol. The summed E-state index contributed by atoms with van der Waals surface area (Å²) in [5, 5.41) is 4.44. The van der Waals surface area contributed by atoms with Crippen LogP contribution in [0.2, 0.25) is 0 Å². The van der Waals surface area contributed by atoms with E-state index in [-0.39, 0.29) is 5.91 Å². The number of hydrogen-bond donors (Lipinski definition) is 1. The zero-order chi connectivity index (χ0) is 13.3. The van der Waals surface area contributed by atoms with E-state index >= 15 is 0 Å². The van der Waals surface area contributed by atoms with Crippen LogP contribution < -0.4 is 5.32 Å². The summed E-state index contributed by atoms with van der Waals surface area (Å²) in [5.74, 6) is -0.816. The van der Waals surface area contributed by atoms with E-state index in [1.165, 1.54) is 18.4 Å². The van der Waals surface area contributed by atoms with E-state index in [9.17, 15) is 9.59 Å². The van der Waals surface area contributed by atoms with Crippen LogP contribution in [0.5, 0.6) is 0 Å². The van der Waals surface area contributed by atoms with Crippen LogP contribution >= 0.6 is 11.3 Å². The molecule has 0 spiro atoms. The maximum absolute atomic E-state index is 12.1. The van der Waals surface area contributed by atoms with Crippen molar-refractivity contribution in [3.05, 3.63) is 23.0 Å². The van der Waals surface area contributed by atoms with E-state index in [1.807, 2.05) is 5.38 Å². The van der Waals surface area contributed by atoms with Gasteiger partial charge in [-0.25, -0.2) is 9.78 Å². The van der Waals surface area contributed by atoms with Crippen molar-refractivity contribution in [3.63, 3.8) is 0 Å². The Bertz CT molecular complexity index is 602. The summed E-state index contributed by atoms with van der Waals surface area (Å²) in [6.07, 6.45) is 1.78. The Hall–Kier alpha value is -1.89. The van der Waals surface area contributed by atoms with Gasteiger partial charge >= 0.3 is 5.97 Å². The second-order valence-electron chi connectivity index (χ2n) is 3.82. The number of carbonyl (C=O) groups excluding carboxylic acids is 2. The van der Waals surface area contributed by atoms with Gasteiger partial charge in [0.25, 0.3) is 5.91 Å². The Labute approximate surface area is 108 Å². The number of aryl methyl sites for hydroxylation is 1. The fourth-order valence-electron chi connectivity index (χ4n) is 1.67. The molecule has 2 aromatic rings. The highest BCUT2D eigenvalue weighted by Gasteiger charge is 2.21. The summed E-state index contributed by atoms with van der Waals surface area (Å²) in [6.45, 7) is 3.34. The van der Waals surface area contributed by atoms with Gasteiger partial charge in [0, 0.05) is 11.6 Å². The molecule has 2 heterocycles. The van der Waals surface area contributed by atoms with Gasteiger partial charge in [-0.3, -0.25) is 9.20 Å². The predicted molar refractivity (Wildman–Crippen MR) is 66.8 cm³/mol. The van der Waals surface area contributed by atoms with Crippen LogP contribution in [0.4, 0.5) is 0 Å². The van der Waals surface area contributed by atoms with Gasteiger partial charge in [-0.2, -0.15) is 0 Å². The van der Waals surface area contributed by atoms with Crippen LogP contribution in [0.3, 0.4) is 0 Å². The highest BCUT2D eigenvalue weighted by atomic mass is 32.1. The number of nitrogens with zero attached hydrogens (tertiary/aromatic N) is 2. The van der Waals surface area contributed by atoms with E-state index in [4.69, 9.17) is 0 Å². The number of ether oxygens (including phenoxy) is 1. The third-order valence-electron chi connectivity index (χ3n) is 2.55. The predicted octanol–water partition coefficient (Wildman–Crippen LogP) is 0.996. The van der Waals surface area contributed by atoms with Crippen LogP contribution in [-0.2, 0) is 9.53 Å². The quantitative estimate of drug-likeness (QED) is 0.842. The van der Waals surface area contributed by atoms with Gasteiger partial charge in [0.15, 0.2) is 4.96 Å². The highest BCUT2D eigenvalue weighted by Crippen LogP contribution is 2.16. The van der Waals surface area contributed by atoms with Gasteiger partial charge in [-0.05, 0) is 13.8 Å².